The van der Waals surface area contributed by atoms with E-state index in [0.29, 0.717) is 11.3 Å². The number of hydrogen-bond acceptors (Lipinski definition) is 5. The minimum absolute atomic E-state index is 0.191. The average Bonchev–Trinajstić information content (AvgIpc) is 2.82. The fourth-order valence-electron chi connectivity index (χ4n) is 2.52. The summed E-state index contributed by atoms with van der Waals surface area (Å²) in [4.78, 5) is 51.6. The first-order valence-corrected chi connectivity index (χ1v) is 8.55. The highest BCUT2D eigenvalue weighted by Gasteiger charge is 2.44. The standard InChI is InChI=1S/C18H24N4O4/c1-4-5-10-21-16(24)17(25)22(18(21)26)12-15(23)19-11-13-6-8-14(9-7-13)20(2)3/h6-9H,4-5,10-12H2,1-3H3,(H,19,23). The first kappa shape index (κ1) is 19.4. The van der Waals surface area contributed by atoms with Gasteiger partial charge in [0.2, 0.25) is 5.91 Å². The smallest absolute Gasteiger partial charge is 0.334 e. The molecule has 1 N–H and O–H groups in total. The Morgan fingerprint density at radius 3 is 2.23 bits per heavy atom. The van der Waals surface area contributed by atoms with Crippen LogP contribution in [0, 0.1) is 0 Å². The van der Waals surface area contributed by atoms with Crippen molar-refractivity contribution in [2.24, 2.45) is 0 Å². The number of benzene rings is 1. The van der Waals surface area contributed by atoms with Gasteiger partial charge in [0.1, 0.15) is 6.54 Å². The number of amides is 5. The zero-order chi connectivity index (χ0) is 19.3. The van der Waals surface area contributed by atoms with Crippen molar-refractivity contribution in [1.29, 1.82) is 0 Å². The molecule has 1 aliphatic heterocycles. The van der Waals surface area contributed by atoms with E-state index in [4.69, 9.17) is 0 Å². The zero-order valence-corrected chi connectivity index (χ0v) is 15.3. The van der Waals surface area contributed by atoms with E-state index < -0.39 is 30.3 Å². The third-order valence-electron chi connectivity index (χ3n) is 4.11. The fraction of sp³-hybridized carbons (Fsp3) is 0.444. The first-order valence-electron chi connectivity index (χ1n) is 8.55. The Kier molecular flexibility index (Phi) is 6.32. The van der Waals surface area contributed by atoms with Crippen LogP contribution in [-0.2, 0) is 20.9 Å². The molecule has 0 saturated carbocycles. The second-order valence-corrected chi connectivity index (χ2v) is 6.32. The summed E-state index contributed by atoms with van der Waals surface area (Å²) in [5.74, 6) is -2.30. The second kappa shape index (κ2) is 8.46. The van der Waals surface area contributed by atoms with Crippen LogP contribution in [0.15, 0.2) is 24.3 Å². The molecule has 140 valence electrons. The molecule has 5 amide bonds. The van der Waals surface area contributed by atoms with E-state index in [1.807, 2.05) is 50.2 Å². The molecule has 0 unspecified atom stereocenters. The number of imide groups is 2. The largest absolute Gasteiger partial charge is 0.378 e. The van der Waals surface area contributed by atoms with Gasteiger partial charge in [0, 0.05) is 32.9 Å². The van der Waals surface area contributed by atoms with E-state index in [0.717, 1.165) is 22.6 Å². The number of urea groups is 1. The third kappa shape index (κ3) is 4.38. The number of unbranched alkanes of at least 4 members (excludes halogenated alkanes) is 1. The highest BCUT2D eigenvalue weighted by atomic mass is 16.2. The lowest BCUT2D eigenvalue weighted by atomic mass is 10.2. The average molecular weight is 360 g/mol. The van der Waals surface area contributed by atoms with E-state index >= 15 is 0 Å². The predicted molar refractivity (Wildman–Crippen MR) is 96.3 cm³/mol. The Morgan fingerprint density at radius 1 is 1.04 bits per heavy atom. The Bertz CT molecular complexity index is 700. The van der Waals surface area contributed by atoms with Gasteiger partial charge in [-0.25, -0.2) is 9.69 Å². The van der Waals surface area contributed by atoms with E-state index in [1.165, 1.54) is 0 Å². The van der Waals surface area contributed by atoms with E-state index in [1.54, 1.807) is 0 Å². The predicted octanol–water partition coefficient (Wildman–Crippen LogP) is 0.960. The summed E-state index contributed by atoms with van der Waals surface area (Å²) in [6, 6.07) is 6.91. The second-order valence-electron chi connectivity index (χ2n) is 6.32. The maximum absolute atomic E-state index is 12.2. The van der Waals surface area contributed by atoms with Crippen LogP contribution in [0.3, 0.4) is 0 Å². The Labute approximate surface area is 152 Å². The van der Waals surface area contributed by atoms with E-state index in [-0.39, 0.29) is 13.1 Å². The molecule has 0 spiro atoms. The number of rotatable bonds is 8. The third-order valence-corrected chi connectivity index (χ3v) is 4.11. The van der Waals surface area contributed by atoms with Gasteiger partial charge in [-0.2, -0.15) is 0 Å². The van der Waals surface area contributed by atoms with E-state index in [9.17, 15) is 19.2 Å². The number of anilines is 1. The normalized spacial score (nSPS) is 14.2. The molecule has 1 aromatic carbocycles. The summed E-state index contributed by atoms with van der Waals surface area (Å²) in [6.07, 6.45) is 1.41. The molecule has 26 heavy (non-hydrogen) atoms. The zero-order valence-electron chi connectivity index (χ0n) is 15.3. The summed E-state index contributed by atoms with van der Waals surface area (Å²) >= 11 is 0. The van der Waals surface area contributed by atoms with Crippen molar-refractivity contribution in [3.8, 4) is 0 Å². The summed E-state index contributed by atoms with van der Waals surface area (Å²) in [7, 11) is 3.87. The van der Waals surface area contributed by atoms with E-state index in [2.05, 4.69) is 5.32 Å². The molecule has 2 rings (SSSR count). The molecule has 1 aromatic rings. The maximum Gasteiger partial charge on any atom is 0.334 e. The topological polar surface area (TPSA) is 90.0 Å². The van der Waals surface area contributed by atoms with Crippen molar-refractivity contribution in [1.82, 2.24) is 15.1 Å². The number of nitrogens with zero attached hydrogens (tertiary/aromatic N) is 3. The highest BCUT2D eigenvalue weighted by molar-refractivity contribution is 6.45. The monoisotopic (exact) mass is 360 g/mol. The Hall–Kier alpha value is -2.90. The van der Waals surface area contributed by atoms with Crippen LogP contribution < -0.4 is 10.2 Å². The van der Waals surface area contributed by atoms with Crippen molar-refractivity contribution in [2.75, 3.05) is 32.1 Å². The fourth-order valence-corrected chi connectivity index (χ4v) is 2.52. The molecule has 1 heterocycles. The Balaban J connectivity index is 1.89. The van der Waals surface area contributed by atoms with Crippen LogP contribution in [0.25, 0.3) is 0 Å². The number of carbonyl (C=O) groups excluding carboxylic acids is 4. The SMILES string of the molecule is CCCCN1C(=O)C(=O)N(CC(=O)NCc2ccc(N(C)C)cc2)C1=O. The summed E-state index contributed by atoms with van der Waals surface area (Å²) in [5, 5.41) is 2.66. The molecule has 0 aromatic heterocycles. The molecule has 8 nitrogen and oxygen atoms in total. The van der Waals surface area contributed by atoms with Crippen molar-refractivity contribution in [3.63, 3.8) is 0 Å². The van der Waals surface area contributed by atoms with Gasteiger partial charge in [0.05, 0.1) is 0 Å². The lowest BCUT2D eigenvalue weighted by Crippen LogP contribution is -2.41. The van der Waals surface area contributed by atoms with Crippen LogP contribution in [0.2, 0.25) is 0 Å². The van der Waals surface area contributed by atoms with Gasteiger partial charge in [-0.15, -0.1) is 0 Å². The highest BCUT2D eigenvalue weighted by Crippen LogP contribution is 2.14. The number of carbonyl (C=O) groups is 4. The van der Waals surface area contributed by atoms with Gasteiger partial charge < -0.3 is 10.2 Å². The molecule has 0 bridgehead atoms. The van der Waals surface area contributed by atoms with Crippen LogP contribution in [0.5, 0.6) is 0 Å². The van der Waals surface area contributed by atoms with Crippen LogP contribution in [0.4, 0.5) is 10.5 Å². The van der Waals surface area contributed by atoms with Gasteiger partial charge in [-0.1, -0.05) is 25.5 Å². The van der Waals surface area contributed by atoms with Crippen molar-refractivity contribution < 1.29 is 19.2 Å². The van der Waals surface area contributed by atoms with Gasteiger partial charge in [-0.3, -0.25) is 19.3 Å². The van der Waals surface area contributed by atoms with Gasteiger partial charge in [0.25, 0.3) is 0 Å². The van der Waals surface area contributed by atoms with Crippen LogP contribution in [-0.4, -0.2) is 60.7 Å². The van der Waals surface area contributed by atoms with Crippen molar-refractivity contribution >= 4 is 29.4 Å². The quantitative estimate of drug-likeness (QED) is 0.551. The number of hydrogen-bond donors (Lipinski definition) is 1. The molecular weight excluding hydrogens is 336 g/mol. The van der Waals surface area contributed by atoms with Crippen molar-refractivity contribution in [3.05, 3.63) is 29.8 Å². The molecular formula is C18H24N4O4. The molecule has 8 heteroatoms. The lowest BCUT2D eigenvalue weighted by molar-refractivity contribution is -0.144. The molecule has 0 aliphatic carbocycles. The first-order chi connectivity index (χ1) is 12.3. The van der Waals surface area contributed by atoms with Crippen LogP contribution in [0.1, 0.15) is 25.3 Å². The Morgan fingerprint density at radius 2 is 1.65 bits per heavy atom. The molecule has 0 radical (unpaired) electrons. The molecule has 1 aliphatic rings. The number of nitrogens with one attached hydrogen (secondary N) is 1. The molecule has 0 atom stereocenters. The van der Waals surface area contributed by atoms with Crippen molar-refractivity contribution in [2.45, 2.75) is 26.3 Å². The van der Waals surface area contributed by atoms with Gasteiger partial charge >= 0.3 is 17.8 Å². The minimum atomic E-state index is -0.948. The maximum atomic E-state index is 12.2. The minimum Gasteiger partial charge on any atom is -0.378 e. The summed E-state index contributed by atoms with van der Waals surface area (Å²) in [5.41, 5.74) is 1.93. The lowest BCUT2D eigenvalue weighted by Gasteiger charge is -2.15. The summed E-state index contributed by atoms with van der Waals surface area (Å²) < 4.78 is 0. The summed E-state index contributed by atoms with van der Waals surface area (Å²) in [6.45, 7) is 1.93. The molecule has 1 fully saturated rings. The van der Waals surface area contributed by atoms with Gasteiger partial charge in [0.15, 0.2) is 0 Å². The van der Waals surface area contributed by atoms with Crippen LogP contribution >= 0.6 is 0 Å². The molecule has 1 saturated heterocycles. The van der Waals surface area contributed by atoms with Gasteiger partial charge in [-0.05, 0) is 24.1 Å².